The third kappa shape index (κ3) is 4.91. The van der Waals surface area contributed by atoms with Crippen molar-refractivity contribution in [2.75, 3.05) is 26.2 Å². The third-order valence-corrected chi connectivity index (χ3v) is 4.68. The lowest BCUT2D eigenvalue weighted by Gasteiger charge is -2.19. The van der Waals surface area contributed by atoms with Crippen molar-refractivity contribution in [3.8, 4) is 0 Å². The number of nitrogens with zero attached hydrogens (tertiary/aromatic N) is 1. The first-order valence-corrected chi connectivity index (χ1v) is 7.85. The van der Waals surface area contributed by atoms with Crippen molar-refractivity contribution in [1.29, 1.82) is 0 Å². The molecule has 1 aromatic rings. The number of alkyl halides is 3. The van der Waals surface area contributed by atoms with Crippen LogP contribution in [0.4, 0.5) is 13.2 Å². The Morgan fingerprint density at radius 1 is 1.55 bits per heavy atom. The van der Waals surface area contributed by atoms with Crippen molar-refractivity contribution >= 4 is 22.9 Å². The van der Waals surface area contributed by atoms with E-state index in [0.29, 0.717) is 13.1 Å². The molecule has 2 unspecified atom stereocenters. The Bertz CT molecular complexity index is 435. The summed E-state index contributed by atoms with van der Waals surface area (Å²) in [6.45, 7) is 3.04. The van der Waals surface area contributed by atoms with E-state index in [9.17, 15) is 13.2 Å². The van der Waals surface area contributed by atoms with Crippen molar-refractivity contribution in [2.45, 2.75) is 25.6 Å². The van der Waals surface area contributed by atoms with E-state index in [2.05, 4.69) is 5.32 Å². The first kappa shape index (κ1) is 16.1. The standard InChI is InChI=1S/C13H18ClF3N2S/c1-9(11-4-12(14)20-7-11)18-5-10-2-3-19(6-10)8-13(15,16)17/h4,7,9-10,18H,2-3,5-6,8H2,1H3. The molecule has 20 heavy (non-hydrogen) atoms. The highest BCUT2D eigenvalue weighted by Gasteiger charge is 2.34. The molecule has 0 radical (unpaired) electrons. The molecule has 114 valence electrons. The minimum absolute atomic E-state index is 0.176. The quantitative estimate of drug-likeness (QED) is 0.881. The van der Waals surface area contributed by atoms with Crippen LogP contribution in [0, 0.1) is 5.92 Å². The molecule has 2 atom stereocenters. The second-order valence-corrected chi connectivity index (χ2v) is 6.86. The highest BCUT2D eigenvalue weighted by molar-refractivity contribution is 7.14. The smallest absolute Gasteiger partial charge is 0.310 e. The summed E-state index contributed by atoms with van der Waals surface area (Å²) in [7, 11) is 0. The molecule has 1 N–H and O–H groups in total. The van der Waals surface area contributed by atoms with Gasteiger partial charge in [0, 0.05) is 12.6 Å². The number of hydrogen-bond acceptors (Lipinski definition) is 3. The van der Waals surface area contributed by atoms with Gasteiger partial charge in [-0.2, -0.15) is 13.2 Å². The second-order valence-electron chi connectivity index (χ2n) is 5.32. The number of hydrogen-bond donors (Lipinski definition) is 1. The maximum Gasteiger partial charge on any atom is 0.401 e. The summed E-state index contributed by atoms with van der Waals surface area (Å²) >= 11 is 7.38. The van der Waals surface area contributed by atoms with Gasteiger partial charge in [0.1, 0.15) is 0 Å². The van der Waals surface area contributed by atoms with Crippen LogP contribution < -0.4 is 5.32 Å². The molecule has 1 saturated heterocycles. The van der Waals surface area contributed by atoms with Gasteiger partial charge in [-0.1, -0.05) is 11.6 Å². The van der Waals surface area contributed by atoms with E-state index >= 15 is 0 Å². The van der Waals surface area contributed by atoms with Crippen molar-refractivity contribution < 1.29 is 13.2 Å². The van der Waals surface area contributed by atoms with Crippen LogP contribution in [-0.2, 0) is 0 Å². The van der Waals surface area contributed by atoms with E-state index in [1.54, 1.807) is 0 Å². The Kier molecular flexibility index (Phi) is 5.34. The third-order valence-electron chi connectivity index (χ3n) is 3.57. The van der Waals surface area contributed by atoms with Gasteiger partial charge >= 0.3 is 6.18 Å². The zero-order valence-electron chi connectivity index (χ0n) is 11.2. The molecule has 1 aromatic heterocycles. The number of thiophene rings is 1. The summed E-state index contributed by atoms with van der Waals surface area (Å²) in [4.78, 5) is 1.48. The maximum atomic E-state index is 12.3. The Labute approximate surface area is 125 Å². The maximum absolute atomic E-state index is 12.3. The van der Waals surface area contributed by atoms with Crippen LogP contribution in [0.25, 0.3) is 0 Å². The van der Waals surface area contributed by atoms with Gasteiger partial charge in [-0.15, -0.1) is 11.3 Å². The molecule has 7 heteroatoms. The van der Waals surface area contributed by atoms with Gasteiger partial charge in [0.25, 0.3) is 0 Å². The zero-order chi connectivity index (χ0) is 14.8. The lowest BCUT2D eigenvalue weighted by atomic mass is 10.1. The summed E-state index contributed by atoms with van der Waals surface area (Å²) in [5.74, 6) is 0.286. The number of halogens is 4. The van der Waals surface area contributed by atoms with Gasteiger partial charge < -0.3 is 5.32 Å². The minimum Gasteiger partial charge on any atom is -0.310 e. The molecule has 0 saturated carbocycles. The lowest BCUT2D eigenvalue weighted by molar-refractivity contribution is -0.143. The fourth-order valence-corrected chi connectivity index (χ4v) is 3.47. The van der Waals surface area contributed by atoms with Crippen molar-refractivity contribution in [1.82, 2.24) is 10.2 Å². The van der Waals surface area contributed by atoms with Crippen LogP contribution in [0.15, 0.2) is 11.4 Å². The first-order valence-electron chi connectivity index (χ1n) is 6.60. The van der Waals surface area contributed by atoms with Crippen molar-refractivity contribution in [3.05, 3.63) is 21.3 Å². The van der Waals surface area contributed by atoms with E-state index in [4.69, 9.17) is 11.6 Å². The second kappa shape index (κ2) is 6.64. The van der Waals surface area contributed by atoms with E-state index in [1.807, 2.05) is 18.4 Å². The zero-order valence-corrected chi connectivity index (χ0v) is 12.8. The Balaban J connectivity index is 1.73. The number of rotatable bonds is 5. The topological polar surface area (TPSA) is 15.3 Å². The van der Waals surface area contributed by atoms with Gasteiger partial charge in [0.05, 0.1) is 10.9 Å². The summed E-state index contributed by atoms with van der Waals surface area (Å²) in [5.41, 5.74) is 1.13. The number of nitrogens with one attached hydrogen (secondary N) is 1. The van der Waals surface area contributed by atoms with E-state index in [-0.39, 0.29) is 12.0 Å². The normalized spacial score (nSPS) is 22.4. The summed E-state index contributed by atoms with van der Waals surface area (Å²) in [6, 6.07) is 2.10. The average Bonchev–Trinajstić information content (AvgIpc) is 2.93. The Morgan fingerprint density at radius 3 is 2.90 bits per heavy atom. The molecule has 0 aliphatic carbocycles. The molecule has 2 nitrogen and oxygen atoms in total. The van der Waals surface area contributed by atoms with Gasteiger partial charge in [-0.3, -0.25) is 4.90 Å². The fourth-order valence-electron chi connectivity index (χ4n) is 2.49. The SMILES string of the molecule is CC(NCC1CCN(CC(F)(F)F)C1)c1csc(Cl)c1. The average molecular weight is 327 g/mol. The van der Waals surface area contributed by atoms with E-state index in [0.717, 1.165) is 22.9 Å². The molecular formula is C13H18ClF3N2S. The van der Waals surface area contributed by atoms with Crippen LogP contribution in [0.5, 0.6) is 0 Å². The molecule has 0 bridgehead atoms. The lowest BCUT2D eigenvalue weighted by Crippen LogP contribution is -2.34. The van der Waals surface area contributed by atoms with Gasteiger partial charge in [-0.25, -0.2) is 0 Å². The number of likely N-dealkylation sites (tertiary alicyclic amines) is 1. The fraction of sp³-hybridized carbons (Fsp3) is 0.692. The van der Waals surface area contributed by atoms with Crippen LogP contribution in [0.3, 0.4) is 0 Å². The minimum atomic E-state index is -4.09. The highest BCUT2D eigenvalue weighted by atomic mass is 35.5. The molecule has 0 aromatic carbocycles. The predicted octanol–water partition coefficient (Wildman–Crippen LogP) is 3.94. The highest BCUT2D eigenvalue weighted by Crippen LogP contribution is 2.26. The van der Waals surface area contributed by atoms with E-state index in [1.165, 1.54) is 16.2 Å². The molecule has 1 aliphatic rings. The van der Waals surface area contributed by atoms with Crippen LogP contribution in [0.1, 0.15) is 24.9 Å². The molecule has 2 heterocycles. The van der Waals surface area contributed by atoms with Crippen molar-refractivity contribution in [2.24, 2.45) is 5.92 Å². The van der Waals surface area contributed by atoms with Gasteiger partial charge in [0.2, 0.25) is 0 Å². The molecule has 0 amide bonds. The molecule has 1 aliphatic heterocycles. The summed E-state index contributed by atoms with van der Waals surface area (Å²) in [6.07, 6.45) is -3.27. The predicted molar refractivity (Wildman–Crippen MR) is 76.3 cm³/mol. The molecule has 0 spiro atoms. The Morgan fingerprint density at radius 2 is 2.30 bits per heavy atom. The molecule has 2 rings (SSSR count). The van der Waals surface area contributed by atoms with Gasteiger partial charge in [-0.05, 0) is 49.4 Å². The van der Waals surface area contributed by atoms with Crippen LogP contribution >= 0.6 is 22.9 Å². The monoisotopic (exact) mass is 326 g/mol. The Hall–Kier alpha value is -0.300. The first-order chi connectivity index (χ1) is 9.33. The van der Waals surface area contributed by atoms with E-state index < -0.39 is 12.7 Å². The molecule has 1 fully saturated rings. The van der Waals surface area contributed by atoms with Crippen molar-refractivity contribution in [3.63, 3.8) is 0 Å². The van der Waals surface area contributed by atoms with Gasteiger partial charge in [0.15, 0.2) is 0 Å². The summed E-state index contributed by atoms with van der Waals surface area (Å²) < 4.78 is 37.7. The summed E-state index contributed by atoms with van der Waals surface area (Å²) in [5, 5.41) is 5.38. The van der Waals surface area contributed by atoms with Crippen LogP contribution in [-0.4, -0.2) is 37.3 Å². The van der Waals surface area contributed by atoms with Crippen LogP contribution in [0.2, 0.25) is 4.34 Å². The largest absolute Gasteiger partial charge is 0.401 e. The molecular weight excluding hydrogens is 309 g/mol.